The summed E-state index contributed by atoms with van der Waals surface area (Å²) in [6.45, 7) is 2.68. The van der Waals surface area contributed by atoms with E-state index >= 15 is 0 Å². The maximum absolute atomic E-state index is 13.6. The van der Waals surface area contributed by atoms with Crippen LogP contribution >= 0.6 is 0 Å². The van der Waals surface area contributed by atoms with Crippen LogP contribution < -0.4 is 5.32 Å². The molecule has 2 heterocycles. The molecule has 0 aliphatic rings. The Bertz CT molecular complexity index is 545. The van der Waals surface area contributed by atoms with Crippen molar-refractivity contribution in [3.05, 3.63) is 36.3 Å². The Morgan fingerprint density at radius 1 is 1.22 bits per heavy atom. The van der Waals surface area contributed by atoms with Crippen molar-refractivity contribution in [2.24, 2.45) is 0 Å². The monoisotopic (exact) mass is 250 g/mol. The fraction of sp³-hybridized carbons (Fsp3) is 0.250. The molecule has 0 spiro atoms. The molecule has 2 aromatic heterocycles. The molecule has 2 rings (SSSR count). The number of nitrogens with zero attached hydrogens (tertiary/aromatic N) is 3. The van der Waals surface area contributed by atoms with Crippen LogP contribution in [0, 0.1) is 11.6 Å². The largest absolute Gasteiger partial charge is 0.354 e. The Morgan fingerprint density at radius 2 is 2.06 bits per heavy atom. The third-order valence-electron chi connectivity index (χ3n) is 2.26. The van der Waals surface area contributed by atoms with Crippen LogP contribution in [0.4, 0.5) is 14.7 Å². The van der Waals surface area contributed by atoms with E-state index < -0.39 is 11.6 Å². The van der Waals surface area contributed by atoms with Gasteiger partial charge < -0.3 is 5.32 Å². The highest BCUT2D eigenvalue weighted by Gasteiger charge is 2.10. The fourth-order valence-corrected chi connectivity index (χ4v) is 1.43. The minimum Gasteiger partial charge on any atom is -0.354 e. The average molecular weight is 250 g/mol. The molecule has 1 N–H and O–H groups in total. The van der Waals surface area contributed by atoms with Gasteiger partial charge in [0.05, 0.1) is 12.4 Å². The van der Waals surface area contributed by atoms with E-state index in [1.165, 1.54) is 12.3 Å². The van der Waals surface area contributed by atoms with Gasteiger partial charge in [0.15, 0.2) is 5.82 Å². The van der Waals surface area contributed by atoms with E-state index in [9.17, 15) is 8.78 Å². The quantitative estimate of drug-likeness (QED) is 0.906. The number of aromatic nitrogens is 3. The minimum atomic E-state index is -0.607. The second-order valence-corrected chi connectivity index (χ2v) is 3.71. The van der Waals surface area contributed by atoms with Gasteiger partial charge in [-0.3, -0.25) is 4.98 Å². The highest BCUT2D eigenvalue weighted by atomic mass is 19.1. The number of hydrogen-bond acceptors (Lipinski definition) is 4. The molecule has 0 aliphatic carbocycles. The van der Waals surface area contributed by atoms with Crippen LogP contribution in [0.25, 0.3) is 11.3 Å². The second kappa shape index (κ2) is 5.48. The molecular weight excluding hydrogens is 238 g/mol. The van der Waals surface area contributed by atoms with E-state index in [2.05, 4.69) is 20.3 Å². The first kappa shape index (κ1) is 12.3. The lowest BCUT2D eigenvalue weighted by Gasteiger charge is -2.06. The van der Waals surface area contributed by atoms with Gasteiger partial charge in [-0.2, -0.15) is 0 Å². The van der Waals surface area contributed by atoms with E-state index in [-0.39, 0.29) is 11.3 Å². The van der Waals surface area contributed by atoms with Gasteiger partial charge in [-0.1, -0.05) is 6.92 Å². The third kappa shape index (κ3) is 2.77. The van der Waals surface area contributed by atoms with Crippen molar-refractivity contribution in [2.45, 2.75) is 13.3 Å². The summed E-state index contributed by atoms with van der Waals surface area (Å²) in [5.74, 6) is -0.824. The first-order chi connectivity index (χ1) is 8.70. The Morgan fingerprint density at radius 3 is 2.78 bits per heavy atom. The molecular formula is C12H12F2N4. The standard InChI is InChI=1S/C12H12F2N4/c1-2-3-16-12-17-7-10(14)11(18-12)8-4-9(13)6-15-5-8/h4-7H,2-3H2,1H3,(H,16,17,18). The van der Waals surface area contributed by atoms with Gasteiger partial charge in [-0.05, 0) is 12.5 Å². The van der Waals surface area contributed by atoms with Crippen LogP contribution in [0.3, 0.4) is 0 Å². The van der Waals surface area contributed by atoms with Gasteiger partial charge in [-0.25, -0.2) is 18.7 Å². The van der Waals surface area contributed by atoms with Crippen molar-refractivity contribution in [1.29, 1.82) is 0 Å². The van der Waals surface area contributed by atoms with E-state index in [0.29, 0.717) is 12.5 Å². The Hall–Kier alpha value is -2.11. The smallest absolute Gasteiger partial charge is 0.223 e. The summed E-state index contributed by atoms with van der Waals surface area (Å²) >= 11 is 0. The Kier molecular flexibility index (Phi) is 3.76. The van der Waals surface area contributed by atoms with Crippen LogP contribution in [-0.4, -0.2) is 21.5 Å². The maximum atomic E-state index is 13.6. The Balaban J connectivity index is 2.37. The number of rotatable bonds is 4. The predicted octanol–water partition coefficient (Wildman–Crippen LogP) is 2.64. The Labute approximate surface area is 103 Å². The molecule has 0 radical (unpaired) electrons. The van der Waals surface area contributed by atoms with Crippen LogP contribution in [-0.2, 0) is 0 Å². The molecule has 0 amide bonds. The van der Waals surface area contributed by atoms with Crippen molar-refractivity contribution in [3.63, 3.8) is 0 Å². The van der Waals surface area contributed by atoms with Crippen molar-refractivity contribution >= 4 is 5.95 Å². The van der Waals surface area contributed by atoms with E-state index in [1.54, 1.807) is 0 Å². The molecule has 0 bridgehead atoms. The molecule has 0 aromatic carbocycles. The second-order valence-electron chi connectivity index (χ2n) is 3.71. The molecule has 0 fully saturated rings. The first-order valence-corrected chi connectivity index (χ1v) is 5.58. The molecule has 0 atom stereocenters. The highest BCUT2D eigenvalue weighted by Crippen LogP contribution is 2.20. The maximum Gasteiger partial charge on any atom is 0.223 e. The van der Waals surface area contributed by atoms with Gasteiger partial charge in [-0.15, -0.1) is 0 Å². The van der Waals surface area contributed by atoms with Crippen molar-refractivity contribution in [3.8, 4) is 11.3 Å². The van der Waals surface area contributed by atoms with Crippen LogP contribution in [0.15, 0.2) is 24.7 Å². The van der Waals surface area contributed by atoms with Crippen molar-refractivity contribution in [1.82, 2.24) is 15.0 Å². The average Bonchev–Trinajstić information content (AvgIpc) is 2.38. The third-order valence-corrected chi connectivity index (χ3v) is 2.26. The number of nitrogens with one attached hydrogen (secondary N) is 1. The minimum absolute atomic E-state index is 0.0376. The van der Waals surface area contributed by atoms with Crippen molar-refractivity contribution < 1.29 is 8.78 Å². The van der Waals surface area contributed by atoms with Gasteiger partial charge in [0, 0.05) is 18.3 Å². The van der Waals surface area contributed by atoms with Gasteiger partial charge in [0.1, 0.15) is 11.5 Å². The number of pyridine rings is 1. The van der Waals surface area contributed by atoms with E-state index in [1.807, 2.05) is 6.92 Å². The molecule has 4 nitrogen and oxygen atoms in total. The molecule has 0 unspecified atom stereocenters. The molecule has 94 valence electrons. The summed E-state index contributed by atoms with van der Waals surface area (Å²) in [6.07, 6.45) is 4.37. The lowest BCUT2D eigenvalue weighted by molar-refractivity contribution is 0.613. The number of hydrogen-bond donors (Lipinski definition) is 1. The van der Waals surface area contributed by atoms with Gasteiger partial charge in [0.25, 0.3) is 0 Å². The van der Waals surface area contributed by atoms with E-state index in [4.69, 9.17) is 0 Å². The predicted molar refractivity (Wildman–Crippen MR) is 64.0 cm³/mol. The van der Waals surface area contributed by atoms with Gasteiger partial charge in [0.2, 0.25) is 5.95 Å². The summed E-state index contributed by atoms with van der Waals surface area (Å²) in [6, 6.07) is 1.18. The highest BCUT2D eigenvalue weighted by molar-refractivity contribution is 5.59. The molecule has 6 heteroatoms. The lowest BCUT2D eigenvalue weighted by Crippen LogP contribution is -2.06. The van der Waals surface area contributed by atoms with E-state index in [0.717, 1.165) is 18.8 Å². The summed E-state index contributed by atoms with van der Waals surface area (Å²) < 4.78 is 26.6. The van der Waals surface area contributed by atoms with Gasteiger partial charge >= 0.3 is 0 Å². The zero-order valence-electron chi connectivity index (χ0n) is 9.82. The first-order valence-electron chi connectivity index (χ1n) is 5.58. The molecule has 18 heavy (non-hydrogen) atoms. The molecule has 0 aliphatic heterocycles. The summed E-state index contributed by atoms with van der Waals surface area (Å²) in [5.41, 5.74) is 0.324. The molecule has 0 saturated heterocycles. The van der Waals surface area contributed by atoms with Crippen molar-refractivity contribution in [2.75, 3.05) is 11.9 Å². The fourth-order valence-electron chi connectivity index (χ4n) is 1.43. The molecule has 2 aromatic rings. The van der Waals surface area contributed by atoms with Crippen LogP contribution in [0.5, 0.6) is 0 Å². The summed E-state index contributed by atoms with van der Waals surface area (Å²) in [5, 5.41) is 2.94. The SMILES string of the molecule is CCCNc1ncc(F)c(-c2cncc(F)c2)n1. The summed E-state index contributed by atoms with van der Waals surface area (Å²) in [7, 11) is 0. The zero-order chi connectivity index (χ0) is 13.0. The van der Waals surface area contributed by atoms with Crippen LogP contribution in [0.2, 0.25) is 0 Å². The summed E-state index contributed by atoms with van der Waals surface area (Å²) in [4.78, 5) is 11.5. The lowest BCUT2D eigenvalue weighted by atomic mass is 10.2. The number of anilines is 1. The number of halogens is 2. The normalized spacial score (nSPS) is 10.4. The topological polar surface area (TPSA) is 50.7 Å². The van der Waals surface area contributed by atoms with Crippen LogP contribution in [0.1, 0.15) is 13.3 Å². The zero-order valence-corrected chi connectivity index (χ0v) is 9.82. The molecule has 0 saturated carbocycles.